The van der Waals surface area contributed by atoms with E-state index >= 15 is 0 Å². The average Bonchev–Trinajstić information content (AvgIpc) is 3.67. The van der Waals surface area contributed by atoms with Crippen LogP contribution in [-0.4, -0.2) is 14.5 Å². The first-order valence-corrected chi connectivity index (χ1v) is 16.1. The van der Waals surface area contributed by atoms with Crippen molar-refractivity contribution in [3.8, 4) is 28.6 Å². The molecular weight excluding hydrogens is 800 g/mol. The largest absolute Gasteiger partial charge is 2.00 e. The van der Waals surface area contributed by atoms with Crippen molar-refractivity contribution in [2.45, 2.75) is 26.2 Å². The number of hydrogen-bond acceptors (Lipinski definition) is 4. The monoisotopic (exact) mass is 827 g/mol. The molecule has 242 valence electrons. The van der Waals surface area contributed by atoms with E-state index in [-0.39, 0.29) is 26.5 Å². The molecular formula is C43H28N4O2Pt. The molecule has 0 aliphatic carbocycles. The van der Waals surface area contributed by atoms with Crippen LogP contribution in [0.15, 0.2) is 120 Å². The number of rotatable bonds is 4. The van der Waals surface area contributed by atoms with Crippen LogP contribution in [0.2, 0.25) is 0 Å². The molecule has 0 saturated heterocycles. The molecule has 0 N–H and O–H groups in total. The number of ether oxygens (including phenoxy) is 1. The molecule has 4 heterocycles. The Bertz CT molecular complexity index is 2800. The van der Waals surface area contributed by atoms with Crippen molar-refractivity contribution in [1.29, 1.82) is 0 Å². The van der Waals surface area contributed by atoms with Gasteiger partial charge in [-0.05, 0) is 57.8 Å². The summed E-state index contributed by atoms with van der Waals surface area (Å²) in [7, 11) is 0. The second-order valence-corrected chi connectivity index (χ2v) is 13.2. The predicted octanol–water partition coefficient (Wildman–Crippen LogP) is 11.5. The van der Waals surface area contributed by atoms with Gasteiger partial charge in [0.05, 0.1) is 12.2 Å². The number of benzene rings is 5. The number of furan rings is 1. The van der Waals surface area contributed by atoms with E-state index in [0.29, 0.717) is 28.3 Å². The first-order valence-electron chi connectivity index (χ1n) is 16.1. The Morgan fingerprint density at radius 2 is 1.54 bits per heavy atom. The van der Waals surface area contributed by atoms with Crippen molar-refractivity contribution < 1.29 is 30.2 Å². The molecule has 9 aromatic rings. The molecule has 0 fully saturated rings. The summed E-state index contributed by atoms with van der Waals surface area (Å²) in [6.45, 7) is 14.1. The summed E-state index contributed by atoms with van der Waals surface area (Å²) in [4.78, 5) is 13.0. The zero-order valence-corrected chi connectivity index (χ0v) is 29.7. The van der Waals surface area contributed by atoms with Crippen LogP contribution >= 0.6 is 0 Å². The number of pyridine rings is 2. The number of para-hydroxylation sites is 1. The standard InChI is InChI=1S/C43H28N4O2.Pt/c1-43(2,3)27-18-20-46-40(22-27)47-38-11-6-5-9-32(38)33-17-14-29(25-39(33)47)48-30-23-35-34-15-12-26-21-28(44-4)13-16-31(26)41(34)49-42(35)36(24-30)37-10-7-8-19-45-37;/h5-23H,1-3H3;/q-2;+2. The summed E-state index contributed by atoms with van der Waals surface area (Å²) in [5.74, 6) is 1.90. The van der Waals surface area contributed by atoms with Gasteiger partial charge in [-0.2, -0.15) is 6.07 Å². The molecule has 0 radical (unpaired) electrons. The van der Waals surface area contributed by atoms with Gasteiger partial charge >= 0.3 is 21.1 Å². The van der Waals surface area contributed by atoms with Crippen molar-refractivity contribution in [2.75, 3.05) is 0 Å². The topological polar surface area (TPSA) is 57.4 Å². The maximum Gasteiger partial charge on any atom is 2.00 e. The third-order valence-corrected chi connectivity index (χ3v) is 9.11. The van der Waals surface area contributed by atoms with E-state index < -0.39 is 0 Å². The van der Waals surface area contributed by atoms with E-state index in [1.54, 1.807) is 6.20 Å². The number of hydrogen-bond donors (Lipinski definition) is 0. The van der Waals surface area contributed by atoms with Gasteiger partial charge in [0, 0.05) is 40.2 Å². The van der Waals surface area contributed by atoms with Gasteiger partial charge in [0.25, 0.3) is 0 Å². The van der Waals surface area contributed by atoms with E-state index in [9.17, 15) is 0 Å². The Morgan fingerprint density at radius 3 is 2.36 bits per heavy atom. The Kier molecular flexibility index (Phi) is 7.55. The second-order valence-electron chi connectivity index (χ2n) is 13.2. The Hall–Kier alpha value is -5.76. The zero-order chi connectivity index (χ0) is 33.3. The molecule has 7 heteroatoms. The van der Waals surface area contributed by atoms with Gasteiger partial charge in [-0.3, -0.25) is 0 Å². The smallest absolute Gasteiger partial charge is 0.503 e. The SMILES string of the molecule is [C-]#[N+]c1ccc2c(ccc3c4cc(Oc5[c-]c6c(cc5)c5ccccc5n6-c5cc(C(C)(C)C)ccn5)[c-]c(-c5ccccn5)c4oc23)c1.[Pt+2]. The fraction of sp³-hybridized carbons (Fsp3) is 0.0930. The van der Waals surface area contributed by atoms with E-state index in [1.807, 2.05) is 72.9 Å². The van der Waals surface area contributed by atoms with Crippen LogP contribution in [0, 0.1) is 18.7 Å². The Labute approximate surface area is 303 Å². The van der Waals surface area contributed by atoms with Crippen LogP contribution in [0.3, 0.4) is 0 Å². The number of aromatic nitrogens is 3. The van der Waals surface area contributed by atoms with Crippen molar-refractivity contribution in [3.63, 3.8) is 0 Å². The second kappa shape index (κ2) is 12.0. The quantitative estimate of drug-likeness (QED) is 0.166. The van der Waals surface area contributed by atoms with E-state index in [1.165, 1.54) is 5.56 Å². The summed E-state index contributed by atoms with van der Waals surface area (Å²) >= 11 is 0. The minimum atomic E-state index is -0.0293. The molecule has 50 heavy (non-hydrogen) atoms. The molecule has 0 unspecified atom stereocenters. The van der Waals surface area contributed by atoms with Gasteiger partial charge in [-0.15, -0.1) is 17.5 Å². The fourth-order valence-electron chi connectivity index (χ4n) is 6.68. The van der Waals surface area contributed by atoms with Crippen LogP contribution in [0.5, 0.6) is 11.5 Å². The molecule has 0 bridgehead atoms. The molecule has 0 saturated carbocycles. The summed E-state index contributed by atoms with van der Waals surface area (Å²) in [5, 5.41) is 5.90. The molecule has 4 aromatic heterocycles. The molecule has 6 nitrogen and oxygen atoms in total. The minimum absolute atomic E-state index is 0. The molecule has 0 atom stereocenters. The first-order chi connectivity index (χ1) is 23.9. The third kappa shape index (κ3) is 5.14. The van der Waals surface area contributed by atoms with Crippen molar-refractivity contribution in [2.24, 2.45) is 0 Å². The van der Waals surface area contributed by atoms with Crippen LogP contribution in [0.1, 0.15) is 26.3 Å². The predicted molar refractivity (Wildman–Crippen MR) is 196 cm³/mol. The van der Waals surface area contributed by atoms with Gasteiger partial charge in [0.15, 0.2) is 5.69 Å². The van der Waals surface area contributed by atoms with Gasteiger partial charge in [0.2, 0.25) is 0 Å². The maximum atomic E-state index is 7.44. The van der Waals surface area contributed by atoms with Gasteiger partial charge < -0.3 is 18.7 Å². The molecule has 5 aromatic carbocycles. The number of fused-ring (bicyclic) bond motifs is 8. The van der Waals surface area contributed by atoms with Crippen molar-refractivity contribution in [1.82, 2.24) is 14.5 Å². The van der Waals surface area contributed by atoms with Gasteiger partial charge in [-0.1, -0.05) is 104 Å². The summed E-state index contributed by atoms with van der Waals surface area (Å²) in [6, 6.07) is 41.1. The third-order valence-electron chi connectivity index (χ3n) is 9.11. The maximum absolute atomic E-state index is 7.44. The fourth-order valence-corrected chi connectivity index (χ4v) is 6.68. The summed E-state index contributed by atoms with van der Waals surface area (Å²) < 4.78 is 15.4. The molecule has 0 aliphatic rings. The first kappa shape index (κ1) is 31.5. The zero-order valence-electron chi connectivity index (χ0n) is 27.4. The van der Waals surface area contributed by atoms with Crippen LogP contribution in [0.4, 0.5) is 5.69 Å². The normalized spacial score (nSPS) is 11.7. The summed E-state index contributed by atoms with van der Waals surface area (Å²) in [6.07, 6.45) is 3.64. The van der Waals surface area contributed by atoms with Gasteiger partial charge in [-0.25, -0.2) is 9.83 Å². The van der Waals surface area contributed by atoms with E-state index in [0.717, 1.165) is 60.4 Å². The van der Waals surface area contributed by atoms with Gasteiger partial charge in [0.1, 0.15) is 11.4 Å². The van der Waals surface area contributed by atoms with Crippen molar-refractivity contribution in [3.05, 3.63) is 145 Å². The van der Waals surface area contributed by atoms with E-state index in [4.69, 9.17) is 20.7 Å². The van der Waals surface area contributed by atoms with E-state index in [2.05, 4.69) is 83.7 Å². The Balaban J connectivity index is 0.00000361. The number of nitrogens with zero attached hydrogens (tertiary/aromatic N) is 4. The summed E-state index contributed by atoms with van der Waals surface area (Å²) in [5.41, 5.74) is 6.53. The average molecular weight is 828 g/mol. The van der Waals surface area contributed by atoms with Crippen molar-refractivity contribution >= 4 is 60.2 Å². The van der Waals surface area contributed by atoms with Crippen LogP contribution in [-0.2, 0) is 26.5 Å². The molecule has 9 rings (SSSR count). The molecule has 0 amide bonds. The minimum Gasteiger partial charge on any atom is -0.503 e. The molecule has 0 spiro atoms. The Morgan fingerprint density at radius 1 is 0.720 bits per heavy atom. The molecule has 0 aliphatic heterocycles. The van der Waals surface area contributed by atoms with Crippen LogP contribution < -0.4 is 4.74 Å². The van der Waals surface area contributed by atoms with Crippen LogP contribution in [0.25, 0.3) is 76.4 Å².